The Labute approximate surface area is 133 Å². The lowest BCUT2D eigenvalue weighted by Crippen LogP contribution is -2.28. The second-order valence-electron chi connectivity index (χ2n) is 5.13. The van der Waals surface area contributed by atoms with Crippen molar-refractivity contribution in [2.24, 2.45) is 0 Å². The van der Waals surface area contributed by atoms with Crippen LogP contribution in [0.2, 0.25) is 0 Å². The number of hydrogen-bond donors (Lipinski definition) is 0. The molecule has 0 radical (unpaired) electrons. The van der Waals surface area contributed by atoms with Crippen LogP contribution < -0.4 is 4.90 Å². The molecule has 1 aromatic carbocycles. The molecule has 0 aliphatic heterocycles. The summed E-state index contributed by atoms with van der Waals surface area (Å²) in [6.07, 6.45) is 5.04. The number of rotatable bonds is 6. The second-order valence-corrected chi connectivity index (χ2v) is 5.13. The van der Waals surface area contributed by atoms with E-state index in [1.54, 1.807) is 19.4 Å². The lowest BCUT2D eigenvalue weighted by molar-refractivity contribution is 0.205. The van der Waals surface area contributed by atoms with Gasteiger partial charge in [0.15, 0.2) is 0 Å². The fourth-order valence-electron chi connectivity index (χ4n) is 2.44. The van der Waals surface area contributed by atoms with Gasteiger partial charge in [0.1, 0.15) is 18.0 Å². The number of fused-ring (bicyclic) bond motifs is 1. The van der Waals surface area contributed by atoms with E-state index in [9.17, 15) is 4.39 Å². The molecule has 0 fully saturated rings. The summed E-state index contributed by atoms with van der Waals surface area (Å²) >= 11 is 0. The fraction of sp³-hybridized carbons (Fsp3) is 0.235. The minimum Gasteiger partial charge on any atom is -0.383 e. The quantitative estimate of drug-likeness (QED) is 0.700. The van der Waals surface area contributed by atoms with Crippen molar-refractivity contribution in [1.29, 1.82) is 0 Å². The van der Waals surface area contributed by atoms with Crippen LogP contribution in [0.5, 0.6) is 0 Å². The summed E-state index contributed by atoms with van der Waals surface area (Å²) in [6, 6.07) is 8.42. The van der Waals surface area contributed by atoms with E-state index in [1.807, 2.05) is 23.2 Å². The van der Waals surface area contributed by atoms with Crippen LogP contribution in [0.1, 0.15) is 5.56 Å². The van der Waals surface area contributed by atoms with Crippen LogP contribution >= 0.6 is 0 Å². The molecule has 0 spiro atoms. The molecule has 0 amide bonds. The number of anilines is 1. The predicted octanol–water partition coefficient (Wildman–Crippen LogP) is 2.82. The zero-order chi connectivity index (χ0) is 16.1. The molecule has 0 atom stereocenters. The maximum Gasteiger partial charge on any atom is 0.140 e. The number of aromatic nitrogens is 3. The van der Waals surface area contributed by atoms with Gasteiger partial charge in [-0.15, -0.1) is 0 Å². The van der Waals surface area contributed by atoms with Gasteiger partial charge in [0.25, 0.3) is 0 Å². The molecule has 3 rings (SSSR count). The average Bonchev–Trinajstić information content (AvgIpc) is 2.59. The van der Waals surface area contributed by atoms with Crippen molar-refractivity contribution in [2.75, 3.05) is 25.2 Å². The number of nitrogens with zero attached hydrogens (tertiary/aromatic N) is 4. The standard InChI is InChI=1S/C17H17FN4O/c1-23-8-7-22(11-13-3-2-6-19-10-13)17-15-9-14(18)4-5-16(15)20-12-21-17/h2-6,9-10,12H,7-8,11H2,1H3. The summed E-state index contributed by atoms with van der Waals surface area (Å²) < 4.78 is 18.8. The number of halogens is 1. The molecule has 2 heterocycles. The van der Waals surface area contributed by atoms with Crippen LogP contribution in [0.3, 0.4) is 0 Å². The Morgan fingerprint density at radius 3 is 2.91 bits per heavy atom. The number of ether oxygens (including phenoxy) is 1. The summed E-state index contributed by atoms with van der Waals surface area (Å²) in [7, 11) is 1.65. The van der Waals surface area contributed by atoms with E-state index in [0.717, 1.165) is 5.56 Å². The monoisotopic (exact) mass is 312 g/mol. The number of benzene rings is 1. The van der Waals surface area contributed by atoms with E-state index in [2.05, 4.69) is 15.0 Å². The average molecular weight is 312 g/mol. The van der Waals surface area contributed by atoms with Crippen LogP contribution in [0, 0.1) is 5.82 Å². The summed E-state index contributed by atoms with van der Waals surface area (Å²) in [5.41, 5.74) is 1.76. The van der Waals surface area contributed by atoms with Gasteiger partial charge in [-0.25, -0.2) is 14.4 Å². The molecule has 0 aliphatic rings. The summed E-state index contributed by atoms with van der Waals surface area (Å²) in [4.78, 5) is 14.8. The van der Waals surface area contributed by atoms with Crippen molar-refractivity contribution in [3.05, 3.63) is 60.4 Å². The molecule has 0 N–H and O–H groups in total. The van der Waals surface area contributed by atoms with Gasteiger partial charge in [-0.2, -0.15) is 0 Å². The molecule has 3 aromatic rings. The van der Waals surface area contributed by atoms with Gasteiger partial charge in [-0.1, -0.05) is 6.07 Å². The third-order valence-electron chi connectivity index (χ3n) is 3.54. The van der Waals surface area contributed by atoms with E-state index in [-0.39, 0.29) is 5.82 Å². The second kappa shape index (κ2) is 7.11. The number of methoxy groups -OCH3 is 1. The topological polar surface area (TPSA) is 51.1 Å². The molecular formula is C17H17FN4O. The normalized spacial score (nSPS) is 10.9. The summed E-state index contributed by atoms with van der Waals surface area (Å²) in [5, 5.41) is 0.687. The number of pyridine rings is 1. The van der Waals surface area contributed by atoms with Gasteiger partial charge in [0.2, 0.25) is 0 Å². The Bertz CT molecular complexity index is 782. The Balaban J connectivity index is 2.00. The zero-order valence-corrected chi connectivity index (χ0v) is 12.8. The Morgan fingerprint density at radius 1 is 1.22 bits per heavy atom. The highest BCUT2D eigenvalue weighted by Gasteiger charge is 2.13. The van der Waals surface area contributed by atoms with Crippen molar-refractivity contribution in [2.45, 2.75) is 6.54 Å². The minimum atomic E-state index is -0.304. The molecule has 0 aliphatic carbocycles. The first-order valence-corrected chi connectivity index (χ1v) is 7.31. The summed E-state index contributed by atoms with van der Waals surface area (Å²) in [5.74, 6) is 0.386. The van der Waals surface area contributed by atoms with Crippen LogP contribution in [0.15, 0.2) is 49.1 Å². The van der Waals surface area contributed by atoms with E-state index in [4.69, 9.17) is 4.74 Å². The lowest BCUT2D eigenvalue weighted by Gasteiger charge is -2.24. The highest BCUT2D eigenvalue weighted by Crippen LogP contribution is 2.24. The first-order chi connectivity index (χ1) is 11.3. The minimum absolute atomic E-state index is 0.304. The fourth-order valence-corrected chi connectivity index (χ4v) is 2.44. The third kappa shape index (κ3) is 3.60. The molecule has 0 saturated carbocycles. The first-order valence-electron chi connectivity index (χ1n) is 7.31. The van der Waals surface area contributed by atoms with Gasteiger partial charge in [0, 0.05) is 38.0 Å². The van der Waals surface area contributed by atoms with Gasteiger partial charge >= 0.3 is 0 Å². The first kappa shape index (κ1) is 15.3. The molecule has 23 heavy (non-hydrogen) atoms. The predicted molar refractivity (Wildman–Crippen MR) is 86.7 cm³/mol. The maximum atomic E-state index is 13.7. The summed E-state index contributed by atoms with van der Waals surface area (Å²) in [6.45, 7) is 1.79. The van der Waals surface area contributed by atoms with Crippen LogP contribution in [0.4, 0.5) is 10.2 Å². The number of hydrogen-bond acceptors (Lipinski definition) is 5. The Morgan fingerprint density at radius 2 is 2.13 bits per heavy atom. The highest BCUT2D eigenvalue weighted by molar-refractivity contribution is 5.89. The molecule has 5 nitrogen and oxygen atoms in total. The van der Waals surface area contributed by atoms with Crippen molar-refractivity contribution >= 4 is 16.7 Å². The van der Waals surface area contributed by atoms with E-state index in [0.29, 0.717) is 36.4 Å². The maximum absolute atomic E-state index is 13.7. The molecule has 0 bridgehead atoms. The molecular weight excluding hydrogens is 295 g/mol. The van der Waals surface area contributed by atoms with Gasteiger partial charge in [-0.05, 0) is 29.8 Å². The molecule has 6 heteroatoms. The van der Waals surface area contributed by atoms with Crippen LogP contribution in [-0.4, -0.2) is 35.2 Å². The van der Waals surface area contributed by atoms with Crippen LogP contribution in [0.25, 0.3) is 10.9 Å². The smallest absolute Gasteiger partial charge is 0.140 e. The van der Waals surface area contributed by atoms with Gasteiger partial charge < -0.3 is 9.64 Å². The van der Waals surface area contributed by atoms with Crippen molar-refractivity contribution in [3.63, 3.8) is 0 Å². The van der Waals surface area contributed by atoms with E-state index >= 15 is 0 Å². The third-order valence-corrected chi connectivity index (χ3v) is 3.54. The van der Waals surface area contributed by atoms with Gasteiger partial charge in [0.05, 0.1) is 12.1 Å². The molecule has 2 aromatic heterocycles. The highest BCUT2D eigenvalue weighted by atomic mass is 19.1. The molecule has 0 unspecified atom stereocenters. The van der Waals surface area contributed by atoms with Crippen molar-refractivity contribution in [1.82, 2.24) is 15.0 Å². The van der Waals surface area contributed by atoms with Crippen molar-refractivity contribution in [3.8, 4) is 0 Å². The van der Waals surface area contributed by atoms with Crippen molar-refractivity contribution < 1.29 is 9.13 Å². The van der Waals surface area contributed by atoms with Gasteiger partial charge in [-0.3, -0.25) is 4.98 Å². The van der Waals surface area contributed by atoms with E-state index < -0.39 is 0 Å². The molecule has 0 saturated heterocycles. The van der Waals surface area contributed by atoms with Crippen LogP contribution in [-0.2, 0) is 11.3 Å². The lowest BCUT2D eigenvalue weighted by atomic mass is 10.2. The SMILES string of the molecule is COCCN(Cc1cccnc1)c1ncnc2ccc(F)cc12. The largest absolute Gasteiger partial charge is 0.383 e. The Hall–Kier alpha value is -2.60. The zero-order valence-electron chi connectivity index (χ0n) is 12.8. The van der Waals surface area contributed by atoms with E-state index in [1.165, 1.54) is 18.5 Å². The Kier molecular flexibility index (Phi) is 4.73. The molecule has 118 valence electrons.